The minimum Gasteiger partial charge on any atom is -0.477 e. The third-order valence-electron chi connectivity index (χ3n) is 5.37. The number of nitrogens with zero attached hydrogens (tertiary/aromatic N) is 2. The molecule has 1 fully saturated rings. The summed E-state index contributed by atoms with van der Waals surface area (Å²) < 4.78 is 8.23. The van der Waals surface area contributed by atoms with Crippen molar-refractivity contribution in [3.05, 3.63) is 78.4 Å². The van der Waals surface area contributed by atoms with Crippen molar-refractivity contribution in [2.24, 2.45) is 0 Å². The maximum Gasteiger partial charge on any atom is 0.264 e. The Labute approximate surface area is 170 Å². The molecule has 2 heterocycles. The molecular formula is C23H26N4O2. The Morgan fingerprint density at radius 2 is 1.93 bits per heavy atom. The van der Waals surface area contributed by atoms with E-state index in [9.17, 15) is 4.79 Å². The second-order valence-corrected chi connectivity index (χ2v) is 7.44. The van der Waals surface area contributed by atoms with E-state index in [0.717, 1.165) is 35.7 Å². The van der Waals surface area contributed by atoms with Gasteiger partial charge in [0, 0.05) is 31.8 Å². The number of aryl methyl sites for hydroxylation is 1. The number of carbonyl (C=O) groups is 1. The van der Waals surface area contributed by atoms with Crippen LogP contribution >= 0.6 is 0 Å². The molecule has 0 spiro atoms. The van der Waals surface area contributed by atoms with Crippen molar-refractivity contribution in [1.29, 1.82) is 0 Å². The average molecular weight is 390 g/mol. The maximum atomic E-state index is 13.3. The summed E-state index contributed by atoms with van der Waals surface area (Å²) >= 11 is 0. The maximum absolute atomic E-state index is 13.3. The summed E-state index contributed by atoms with van der Waals surface area (Å²) in [5.74, 6) is 0.659. The SMILES string of the molecule is Cc1ccc(OC2(C(=O)NCc3ccccc3-n3ccnc3)CCNCC2)cc1. The summed E-state index contributed by atoms with van der Waals surface area (Å²) in [4.78, 5) is 17.4. The molecule has 2 N–H and O–H groups in total. The first-order valence-electron chi connectivity index (χ1n) is 9.97. The number of benzene rings is 2. The number of ether oxygens (including phenoxy) is 1. The van der Waals surface area contributed by atoms with Gasteiger partial charge in [-0.05, 0) is 43.8 Å². The first kappa shape index (κ1) is 19.2. The van der Waals surface area contributed by atoms with Crippen molar-refractivity contribution in [2.45, 2.75) is 31.9 Å². The van der Waals surface area contributed by atoms with Gasteiger partial charge in [0.15, 0.2) is 5.60 Å². The summed E-state index contributed by atoms with van der Waals surface area (Å²) in [6, 6.07) is 15.9. The molecule has 0 atom stereocenters. The van der Waals surface area contributed by atoms with Gasteiger partial charge in [0.25, 0.3) is 5.91 Å². The number of carbonyl (C=O) groups excluding carboxylic acids is 1. The van der Waals surface area contributed by atoms with Crippen molar-refractivity contribution >= 4 is 5.91 Å². The zero-order chi connectivity index (χ0) is 20.1. The van der Waals surface area contributed by atoms with Crippen LogP contribution in [0, 0.1) is 6.92 Å². The molecule has 1 aliphatic rings. The monoisotopic (exact) mass is 390 g/mol. The molecular weight excluding hydrogens is 364 g/mol. The lowest BCUT2D eigenvalue weighted by Crippen LogP contribution is -2.56. The van der Waals surface area contributed by atoms with Crippen molar-refractivity contribution in [3.8, 4) is 11.4 Å². The molecule has 6 heteroatoms. The van der Waals surface area contributed by atoms with Gasteiger partial charge in [-0.25, -0.2) is 4.98 Å². The molecule has 150 valence electrons. The van der Waals surface area contributed by atoms with E-state index < -0.39 is 5.60 Å². The third-order valence-corrected chi connectivity index (χ3v) is 5.37. The Balaban J connectivity index is 1.51. The van der Waals surface area contributed by atoms with E-state index in [2.05, 4.69) is 15.6 Å². The highest BCUT2D eigenvalue weighted by Crippen LogP contribution is 2.27. The second-order valence-electron chi connectivity index (χ2n) is 7.44. The van der Waals surface area contributed by atoms with Gasteiger partial charge in [-0.15, -0.1) is 0 Å². The van der Waals surface area contributed by atoms with E-state index >= 15 is 0 Å². The zero-order valence-corrected chi connectivity index (χ0v) is 16.6. The average Bonchev–Trinajstić information content (AvgIpc) is 3.29. The van der Waals surface area contributed by atoms with Crippen LogP contribution in [0.4, 0.5) is 0 Å². The van der Waals surface area contributed by atoms with E-state index in [1.807, 2.05) is 66.2 Å². The first-order chi connectivity index (χ1) is 14.2. The minimum atomic E-state index is -0.857. The lowest BCUT2D eigenvalue weighted by molar-refractivity contribution is -0.139. The Hall–Kier alpha value is -3.12. The van der Waals surface area contributed by atoms with Crippen molar-refractivity contribution in [2.75, 3.05) is 13.1 Å². The number of hydrogen-bond acceptors (Lipinski definition) is 4. The van der Waals surface area contributed by atoms with E-state index in [0.29, 0.717) is 19.4 Å². The van der Waals surface area contributed by atoms with Gasteiger partial charge in [0.2, 0.25) is 0 Å². The fourth-order valence-electron chi connectivity index (χ4n) is 3.69. The van der Waals surface area contributed by atoms with Crippen LogP contribution in [0.15, 0.2) is 67.3 Å². The Kier molecular flexibility index (Phi) is 5.62. The van der Waals surface area contributed by atoms with Crippen molar-refractivity contribution in [3.63, 3.8) is 0 Å². The number of aromatic nitrogens is 2. The topological polar surface area (TPSA) is 68.2 Å². The molecule has 3 aromatic rings. The molecule has 0 saturated carbocycles. The number of nitrogens with one attached hydrogen (secondary N) is 2. The van der Waals surface area contributed by atoms with Crippen LogP contribution in [0.1, 0.15) is 24.0 Å². The van der Waals surface area contributed by atoms with Gasteiger partial charge >= 0.3 is 0 Å². The number of para-hydroxylation sites is 1. The summed E-state index contributed by atoms with van der Waals surface area (Å²) in [5, 5.41) is 6.44. The van der Waals surface area contributed by atoms with Crippen molar-refractivity contribution < 1.29 is 9.53 Å². The standard InChI is InChI=1S/C23H26N4O2/c1-18-6-8-20(9-7-18)29-23(10-12-24-13-11-23)22(28)26-16-19-4-2-3-5-21(19)27-15-14-25-17-27/h2-9,14-15,17,24H,10-13,16H2,1H3,(H,26,28). The quantitative estimate of drug-likeness (QED) is 0.679. The molecule has 1 amide bonds. The summed E-state index contributed by atoms with van der Waals surface area (Å²) in [5.41, 5.74) is 2.34. The van der Waals surface area contributed by atoms with E-state index in [1.165, 1.54) is 0 Å². The molecule has 1 aromatic heterocycles. The lowest BCUT2D eigenvalue weighted by Gasteiger charge is -2.36. The van der Waals surface area contributed by atoms with E-state index in [-0.39, 0.29) is 5.91 Å². The Bertz CT molecular complexity index is 945. The number of amides is 1. The van der Waals surface area contributed by atoms with Crippen LogP contribution in [0.2, 0.25) is 0 Å². The van der Waals surface area contributed by atoms with Crippen LogP contribution in [0.5, 0.6) is 5.75 Å². The fraction of sp³-hybridized carbons (Fsp3) is 0.304. The predicted molar refractivity (Wildman–Crippen MR) is 112 cm³/mol. The smallest absolute Gasteiger partial charge is 0.264 e. The molecule has 1 aliphatic heterocycles. The number of hydrogen-bond donors (Lipinski definition) is 2. The first-order valence-corrected chi connectivity index (χ1v) is 9.97. The fourth-order valence-corrected chi connectivity index (χ4v) is 3.69. The van der Waals surface area contributed by atoms with Gasteiger partial charge in [-0.1, -0.05) is 35.9 Å². The predicted octanol–water partition coefficient (Wildman–Crippen LogP) is 3.00. The minimum absolute atomic E-state index is 0.0694. The van der Waals surface area contributed by atoms with Crippen LogP contribution in [-0.4, -0.2) is 34.1 Å². The lowest BCUT2D eigenvalue weighted by atomic mass is 9.90. The molecule has 0 aliphatic carbocycles. The summed E-state index contributed by atoms with van der Waals surface area (Å²) in [6.07, 6.45) is 6.67. The number of imidazole rings is 1. The Morgan fingerprint density at radius 3 is 2.66 bits per heavy atom. The van der Waals surface area contributed by atoms with Crippen LogP contribution in [0.25, 0.3) is 5.69 Å². The molecule has 0 bridgehead atoms. The molecule has 0 unspecified atom stereocenters. The van der Waals surface area contributed by atoms with Crippen LogP contribution in [0.3, 0.4) is 0 Å². The highest BCUT2D eigenvalue weighted by molar-refractivity contribution is 5.86. The molecule has 2 aromatic carbocycles. The van der Waals surface area contributed by atoms with Gasteiger partial charge in [0.05, 0.1) is 12.0 Å². The number of piperidine rings is 1. The van der Waals surface area contributed by atoms with Gasteiger partial charge < -0.3 is 19.9 Å². The summed E-state index contributed by atoms with van der Waals surface area (Å²) in [6.45, 7) is 3.98. The van der Waals surface area contributed by atoms with Crippen LogP contribution < -0.4 is 15.4 Å². The zero-order valence-electron chi connectivity index (χ0n) is 16.6. The molecule has 6 nitrogen and oxygen atoms in total. The Morgan fingerprint density at radius 1 is 1.17 bits per heavy atom. The van der Waals surface area contributed by atoms with Crippen molar-refractivity contribution in [1.82, 2.24) is 20.2 Å². The highest BCUT2D eigenvalue weighted by Gasteiger charge is 2.42. The number of rotatable bonds is 6. The van der Waals surface area contributed by atoms with Gasteiger partial charge in [0.1, 0.15) is 5.75 Å². The van der Waals surface area contributed by atoms with Gasteiger partial charge in [-0.2, -0.15) is 0 Å². The summed E-state index contributed by atoms with van der Waals surface area (Å²) in [7, 11) is 0. The molecule has 0 radical (unpaired) electrons. The third kappa shape index (κ3) is 4.32. The largest absolute Gasteiger partial charge is 0.477 e. The molecule has 29 heavy (non-hydrogen) atoms. The van der Waals surface area contributed by atoms with Crippen LogP contribution in [-0.2, 0) is 11.3 Å². The molecule has 1 saturated heterocycles. The van der Waals surface area contributed by atoms with E-state index in [4.69, 9.17) is 4.74 Å². The normalized spacial score (nSPS) is 15.6. The van der Waals surface area contributed by atoms with E-state index in [1.54, 1.807) is 12.5 Å². The highest BCUT2D eigenvalue weighted by atomic mass is 16.5. The molecule has 4 rings (SSSR count). The second kappa shape index (κ2) is 8.49. The van der Waals surface area contributed by atoms with Gasteiger partial charge in [-0.3, -0.25) is 4.79 Å².